The van der Waals surface area contributed by atoms with Crippen LogP contribution in [0.2, 0.25) is 0 Å². The van der Waals surface area contributed by atoms with Gasteiger partial charge in [0.15, 0.2) is 17.5 Å². The van der Waals surface area contributed by atoms with Gasteiger partial charge in [-0.3, -0.25) is 4.98 Å². The normalized spacial score (nSPS) is 10.7. The Bertz CT molecular complexity index is 829. The van der Waals surface area contributed by atoms with Gasteiger partial charge in [-0.25, -0.2) is 13.2 Å². The molecule has 3 aromatic rings. The van der Waals surface area contributed by atoms with Crippen LogP contribution in [0, 0.1) is 24.4 Å². The van der Waals surface area contributed by atoms with E-state index >= 15 is 0 Å². The van der Waals surface area contributed by atoms with Crippen LogP contribution in [-0.4, -0.2) is 4.98 Å². The van der Waals surface area contributed by atoms with E-state index in [1.807, 2.05) is 37.3 Å². The highest BCUT2D eigenvalue weighted by Gasteiger charge is 2.16. The Hall–Kier alpha value is -2.62. The van der Waals surface area contributed by atoms with Gasteiger partial charge in [0, 0.05) is 11.8 Å². The molecule has 22 heavy (non-hydrogen) atoms. The van der Waals surface area contributed by atoms with Gasteiger partial charge in [-0.2, -0.15) is 0 Å². The van der Waals surface area contributed by atoms with E-state index in [1.54, 1.807) is 12.3 Å². The second-order valence-corrected chi connectivity index (χ2v) is 4.97. The molecule has 2 aromatic carbocycles. The third kappa shape index (κ3) is 2.48. The molecular formula is C18H12F3N. The zero-order valence-corrected chi connectivity index (χ0v) is 11.8. The summed E-state index contributed by atoms with van der Waals surface area (Å²) in [6.07, 6.45) is 1.60. The first kappa shape index (κ1) is 14.3. The summed E-state index contributed by atoms with van der Waals surface area (Å²) in [5.74, 6) is -3.92. The highest BCUT2D eigenvalue weighted by molar-refractivity contribution is 5.73. The summed E-state index contributed by atoms with van der Waals surface area (Å²) in [6, 6.07) is 13.3. The van der Waals surface area contributed by atoms with E-state index < -0.39 is 17.5 Å². The van der Waals surface area contributed by atoms with Crippen molar-refractivity contribution >= 4 is 0 Å². The van der Waals surface area contributed by atoms with Crippen molar-refractivity contribution in [2.75, 3.05) is 0 Å². The molecule has 0 amide bonds. The Balaban J connectivity index is 2.16. The number of nitrogens with zero attached hydrogens (tertiary/aromatic N) is 1. The van der Waals surface area contributed by atoms with Crippen molar-refractivity contribution in [3.63, 3.8) is 0 Å². The minimum atomic E-state index is -1.49. The van der Waals surface area contributed by atoms with Crippen molar-refractivity contribution in [3.8, 4) is 22.4 Å². The highest BCUT2D eigenvalue weighted by atomic mass is 19.2. The van der Waals surface area contributed by atoms with Gasteiger partial charge >= 0.3 is 0 Å². The Morgan fingerprint density at radius 3 is 2.27 bits per heavy atom. The van der Waals surface area contributed by atoms with E-state index in [1.165, 1.54) is 6.07 Å². The molecule has 0 bridgehead atoms. The fraction of sp³-hybridized carbons (Fsp3) is 0.0556. The van der Waals surface area contributed by atoms with Crippen molar-refractivity contribution in [1.82, 2.24) is 4.98 Å². The molecule has 4 heteroatoms. The fourth-order valence-electron chi connectivity index (χ4n) is 2.32. The van der Waals surface area contributed by atoms with Crippen molar-refractivity contribution in [3.05, 3.63) is 77.7 Å². The van der Waals surface area contributed by atoms with Gasteiger partial charge < -0.3 is 0 Å². The highest BCUT2D eigenvalue weighted by Crippen LogP contribution is 2.30. The van der Waals surface area contributed by atoms with Gasteiger partial charge in [-0.05, 0) is 41.8 Å². The molecule has 0 saturated carbocycles. The monoisotopic (exact) mass is 299 g/mol. The molecule has 0 atom stereocenters. The van der Waals surface area contributed by atoms with Crippen molar-refractivity contribution in [1.29, 1.82) is 0 Å². The lowest BCUT2D eigenvalue weighted by Crippen LogP contribution is -1.96. The second-order valence-electron chi connectivity index (χ2n) is 4.97. The quantitative estimate of drug-likeness (QED) is 0.597. The molecule has 0 radical (unpaired) electrons. The molecular weight excluding hydrogens is 287 g/mol. The number of rotatable bonds is 2. The summed E-state index contributed by atoms with van der Waals surface area (Å²) in [4.78, 5) is 4.14. The predicted molar refractivity (Wildman–Crippen MR) is 79.7 cm³/mol. The number of aromatic nitrogens is 1. The third-order valence-electron chi connectivity index (χ3n) is 3.50. The number of benzene rings is 2. The molecule has 0 N–H and O–H groups in total. The van der Waals surface area contributed by atoms with E-state index in [2.05, 4.69) is 4.98 Å². The minimum Gasteiger partial charge on any atom is -0.256 e. The van der Waals surface area contributed by atoms with Crippen LogP contribution in [0.15, 0.2) is 54.7 Å². The van der Waals surface area contributed by atoms with Crippen molar-refractivity contribution in [2.24, 2.45) is 0 Å². The maximum absolute atomic E-state index is 13.9. The number of hydrogen-bond donors (Lipinski definition) is 0. The van der Waals surface area contributed by atoms with Gasteiger partial charge in [-0.1, -0.05) is 30.3 Å². The standard InChI is InChI=1S/C18H12F3N/c1-11-10-22-16(9-14(11)12-5-3-2-4-6-12)13-7-8-15(19)18(21)17(13)20/h2-10H,1H3. The summed E-state index contributed by atoms with van der Waals surface area (Å²) in [5, 5.41) is 0. The summed E-state index contributed by atoms with van der Waals surface area (Å²) in [6.45, 7) is 1.89. The van der Waals surface area contributed by atoms with E-state index in [9.17, 15) is 13.2 Å². The Morgan fingerprint density at radius 1 is 0.818 bits per heavy atom. The molecule has 110 valence electrons. The molecule has 0 aliphatic heterocycles. The number of halogens is 3. The molecule has 0 spiro atoms. The first-order valence-corrected chi connectivity index (χ1v) is 6.74. The molecule has 3 rings (SSSR count). The maximum Gasteiger partial charge on any atom is 0.195 e. The molecule has 0 aliphatic rings. The van der Waals surface area contributed by atoms with Gasteiger partial charge in [0.1, 0.15) is 0 Å². The Kier molecular flexibility index (Phi) is 3.67. The largest absolute Gasteiger partial charge is 0.256 e. The first-order chi connectivity index (χ1) is 10.6. The van der Waals surface area contributed by atoms with Crippen LogP contribution >= 0.6 is 0 Å². The number of aryl methyl sites for hydroxylation is 1. The van der Waals surface area contributed by atoms with Gasteiger partial charge in [-0.15, -0.1) is 0 Å². The molecule has 1 heterocycles. The zero-order chi connectivity index (χ0) is 15.7. The van der Waals surface area contributed by atoms with E-state index in [4.69, 9.17) is 0 Å². The lowest BCUT2D eigenvalue weighted by Gasteiger charge is -2.10. The SMILES string of the molecule is Cc1cnc(-c2ccc(F)c(F)c2F)cc1-c1ccccc1. The summed E-state index contributed by atoms with van der Waals surface area (Å²) in [7, 11) is 0. The first-order valence-electron chi connectivity index (χ1n) is 6.74. The maximum atomic E-state index is 13.9. The van der Waals surface area contributed by atoms with Crippen LogP contribution in [0.4, 0.5) is 13.2 Å². The summed E-state index contributed by atoms with van der Waals surface area (Å²) in [5.41, 5.74) is 2.94. The van der Waals surface area contributed by atoms with Crippen LogP contribution < -0.4 is 0 Å². The average Bonchev–Trinajstić information content (AvgIpc) is 2.54. The molecule has 0 fully saturated rings. The average molecular weight is 299 g/mol. The van der Waals surface area contributed by atoms with Gasteiger partial charge in [0.25, 0.3) is 0 Å². The number of pyridine rings is 1. The van der Waals surface area contributed by atoms with Crippen LogP contribution in [0.25, 0.3) is 22.4 Å². The Morgan fingerprint density at radius 2 is 1.55 bits per heavy atom. The lowest BCUT2D eigenvalue weighted by atomic mass is 9.99. The van der Waals surface area contributed by atoms with E-state index in [-0.39, 0.29) is 11.3 Å². The van der Waals surface area contributed by atoms with Crippen molar-refractivity contribution < 1.29 is 13.2 Å². The van der Waals surface area contributed by atoms with Gasteiger partial charge in [0.05, 0.1) is 5.69 Å². The molecule has 1 nitrogen and oxygen atoms in total. The fourth-order valence-corrected chi connectivity index (χ4v) is 2.32. The van der Waals surface area contributed by atoms with Crippen LogP contribution in [0.1, 0.15) is 5.56 Å². The van der Waals surface area contributed by atoms with Crippen LogP contribution in [0.3, 0.4) is 0 Å². The smallest absolute Gasteiger partial charge is 0.195 e. The van der Waals surface area contributed by atoms with Crippen molar-refractivity contribution in [2.45, 2.75) is 6.92 Å². The minimum absolute atomic E-state index is 0.0592. The third-order valence-corrected chi connectivity index (χ3v) is 3.50. The molecule has 0 aliphatic carbocycles. The zero-order valence-electron chi connectivity index (χ0n) is 11.8. The molecule has 0 unspecified atom stereocenters. The van der Waals surface area contributed by atoms with Crippen LogP contribution in [-0.2, 0) is 0 Å². The Labute approximate surface area is 126 Å². The predicted octanol–water partition coefficient (Wildman–Crippen LogP) is 5.14. The summed E-state index contributed by atoms with van der Waals surface area (Å²) < 4.78 is 40.4. The van der Waals surface area contributed by atoms with Gasteiger partial charge in [0.2, 0.25) is 0 Å². The molecule has 0 saturated heterocycles. The lowest BCUT2D eigenvalue weighted by molar-refractivity contribution is 0.449. The van der Waals surface area contributed by atoms with E-state index in [0.717, 1.165) is 22.8 Å². The summed E-state index contributed by atoms with van der Waals surface area (Å²) >= 11 is 0. The van der Waals surface area contributed by atoms with Crippen LogP contribution in [0.5, 0.6) is 0 Å². The second kappa shape index (κ2) is 5.64. The number of hydrogen-bond acceptors (Lipinski definition) is 1. The molecule has 1 aromatic heterocycles. The van der Waals surface area contributed by atoms with E-state index in [0.29, 0.717) is 0 Å². The topological polar surface area (TPSA) is 12.9 Å².